The van der Waals surface area contributed by atoms with Crippen molar-refractivity contribution in [1.29, 1.82) is 0 Å². The molecule has 0 bridgehead atoms. The fourth-order valence-corrected chi connectivity index (χ4v) is 7.62. The fraction of sp³-hybridized carbons (Fsp3) is 0.810. The van der Waals surface area contributed by atoms with Crippen LogP contribution in [-0.4, -0.2) is 23.3 Å². The van der Waals surface area contributed by atoms with Crippen LogP contribution in [0.3, 0.4) is 0 Å². The number of carbonyl (C=O) groups is 2. The van der Waals surface area contributed by atoms with Crippen LogP contribution in [0.5, 0.6) is 0 Å². The van der Waals surface area contributed by atoms with E-state index < -0.39 is 5.60 Å². The first-order valence-corrected chi connectivity index (χ1v) is 9.76. The smallest absolute Gasteiger partial charge is 0.164 e. The van der Waals surface area contributed by atoms with Crippen LogP contribution in [0.4, 0.5) is 0 Å². The monoisotopic (exact) mass is 328 g/mol. The van der Waals surface area contributed by atoms with Gasteiger partial charge in [-0.05, 0) is 74.7 Å². The first-order valence-electron chi connectivity index (χ1n) is 9.76. The number of Topliss-reactive ketones (excluding diaryl/α,β-unsaturated/α-hetero) is 1. The quantitative estimate of drug-likeness (QED) is 0.687. The Hall–Kier alpha value is -0.960. The topological polar surface area (TPSA) is 46.7 Å². The van der Waals surface area contributed by atoms with Gasteiger partial charge < -0.3 is 4.74 Å². The summed E-state index contributed by atoms with van der Waals surface area (Å²) in [5, 5.41) is 0. The molecule has 0 spiro atoms. The molecule has 4 aliphatic carbocycles. The zero-order valence-corrected chi connectivity index (χ0v) is 15.1. The van der Waals surface area contributed by atoms with Crippen LogP contribution in [0.15, 0.2) is 11.6 Å². The van der Waals surface area contributed by atoms with E-state index in [0.717, 1.165) is 25.7 Å². The molecule has 130 valence electrons. The minimum atomic E-state index is -0.456. The Bertz CT molecular complexity index is 679. The number of carbonyl (C=O) groups excluding carboxylic acids is 2. The van der Waals surface area contributed by atoms with Crippen molar-refractivity contribution >= 4 is 11.6 Å². The molecule has 1 heterocycles. The molecule has 0 aromatic rings. The molecule has 5 aliphatic rings. The van der Waals surface area contributed by atoms with Crippen molar-refractivity contribution in [2.24, 2.45) is 28.6 Å². The van der Waals surface area contributed by atoms with E-state index in [1.165, 1.54) is 18.4 Å². The summed E-state index contributed by atoms with van der Waals surface area (Å²) in [6.07, 6.45) is 9.53. The molecule has 3 nitrogen and oxygen atoms in total. The molecule has 0 unspecified atom stereocenters. The van der Waals surface area contributed by atoms with Gasteiger partial charge in [-0.15, -0.1) is 0 Å². The van der Waals surface area contributed by atoms with E-state index in [1.54, 1.807) is 6.92 Å². The van der Waals surface area contributed by atoms with E-state index in [4.69, 9.17) is 4.74 Å². The second-order valence-corrected chi connectivity index (χ2v) is 9.56. The molecule has 0 aromatic carbocycles. The van der Waals surface area contributed by atoms with Crippen LogP contribution >= 0.6 is 0 Å². The van der Waals surface area contributed by atoms with E-state index in [-0.39, 0.29) is 22.7 Å². The minimum Gasteiger partial charge on any atom is -0.357 e. The molecule has 1 saturated heterocycles. The average molecular weight is 328 g/mol. The van der Waals surface area contributed by atoms with Crippen molar-refractivity contribution in [3.63, 3.8) is 0 Å². The number of ether oxygens (including phenoxy) is 1. The highest BCUT2D eigenvalue weighted by Gasteiger charge is 2.79. The van der Waals surface area contributed by atoms with Gasteiger partial charge in [0, 0.05) is 11.8 Å². The number of epoxide rings is 1. The van der Waals surface area contributed by atoms with Gasteiger partial charge in [-0.3, -0.25) is 9.59 Å². The number of rotatable bonds is 1. The highest BCUT2D eigenvalue weighted by Crippen LogP contribution is 2.73. The Morgan fingerprint density at radius 2 is 1.96 bits per heavy atom. The molecule has 1 aliphatic heterocycles. The lowest BCUT2D eigenvalue weighted by Gasteiger charge is -2.58. The second-order valence-electron chi connectivity index (χ2n) is 9.56. The van der Waals surface area contributed by atoms with Crippen LogP contribution in [0, 0.1) is 28.6 Å². The van der Waals surface area contributed by atoms with Gasteiger partial charge in [0.05, 0.1) is 6.10 Å². The fourth-order valence-electron chi connectivity index (χ4n) is 7.62. The first kappa shape index (κ1) is 15.3. The Balaban J connectivity index is 1.52. The predicted molar refractivity (Wildman–Crippen MR) is 90.4 cm³/mol. The van der Waals surface area contributed by atoms with Gasteiger partial charge in [-0.2, -0.15) is 0 Å². The molecule has 3 heteroatoms. The molecule has 0 aromatic heterocycles. The van der Waals surface area contributed by atoms with Gasteiger partial charge in [-0.25, -0.2) is 0 Å². The van der Waals surface area contributed by atoms with Crippen molar-refractivity contribution < 1.29 is 14.3 Å². The van der Waals surface area contributed by atoms with Crippen LogP contribution < -0.4 is 0 Å². The van der Waals surface area contributed by atoms with Gasteiger partial charge in [0.25, 0.3) is 0 Å². The standard InChI is InChI=1S/C21H28O3/c1-12(22)21-18(24-21)11-17-15-5-4-13-10-14(23)6-8-19(13,2)16(15)7-9-20(17,21)3/h10,15-18H,4-9,11H2,1-3H3/t15-,16-,17-,18+,19+,20+,21-/m1/s1. The van der Waals surface area contributed by atoms with Crippen LogP contribution in [0.1, 0.15) is 65.7 Å². The number of hydrogen-bond donors (Lipinski definition) is 0. The van der Waals surface area contributed by atoms with Crippen molar-refractivity contribution in [3.8, 4) is 0 Å². The molecule has 24 heavy (non-hydrogen) atoms. The molecule has 4 fully saturated rings. The third kappa shape index (κ3) is 1.54. The maximum Gasteiger partial charge on any atom is 0.164 e. The molecule has 0 N–H and O–H groups in total. The van der Waals surface area contributed by atoms with Crippen molar-refractivity contribution in [1.82, 2.24) is 0 Å². The molecular formula is C21H28O3. The van der Waals surface area contributed by atoms with Crippen molar-refractivity contribution in [2.45, 2.75) is 77.4 Å². The van der Waals surface area contributed by atoms with Crippen molar-refractivity contribution in [2.75, 3.05) is 0 Å². The highest BCUT2D eigenvalue weighted by molar-refractivity contribution is 5.92. The summed E-state index contributed by atoms with van der Waals surface area (Å²) >= 11 is 0. The maximum absolute atomic E-state index is 12.4. The number of hydrogen-bond acceptors (Lipinski definition) is 3. The Morgan fingerprint density at radius 3 is 2.71 bits per heavy atom. The number of ketones is 2. The third-order valence-electron chi connectivity index (χ3n) is 8.92. The molecule has 0 radical (unpaired) electrons. The minimum absolute atomic E-state index is 0.0345. The predicted octanol–water partition coefficient (Wildman–Crippen LogP) is 3.85. The van der Waals surface area contributed by atoms with E-state index in [2.05, 4.69) is 13.8 Å². The summed E-state index contributed by atoms with van der Waals surface area (Å²) in [4.78, 5) is 24.3. The molecule has 3 saturated carbocycles. The lowest BCUT2D eigenvalue weighted by Crippen LogP contribution is -2.54. The van der Waals surface area contributed by atoms with E-state index in [0.29, 0.717) is 30.0 Å². The lowest BCUT2D eigenvalue weighted by atomic mass is 9.46. The molecule has 7 atom stereocenters. The van der Waals surface area contributed by atoms with Crippen molar-refractivity contribution in [3.05, 3.63) is 11.6 Å². The number of fused-ring (bicyclic) bond motifs is 7. The van der Waals surface area contributed by atoms with Crippen LogP contribution in [0.25, 0.3) is 0 Å². The van der Waals surface area contributed by atoms with Crippen LogP contribution in [-0.2, 0) is 14.3 Å². The number of allylic oxidation sites excluding steroid dienone is 1. The molecule has 0 amide bonds. The summed E-state index contributed by atoms with van der Waals surface area (Å²) in [6.45, 7) is 6.48. The van der Waals surface area contributed by atoms with E-state index in [9.17, 15) is 9.59 Å². The second kappa shape index (κ2) is 4.41. The highest BCUT2D eigenvalue weighted by atomic mass is 16.6. The van der Waals surface area contributed by atoms with E-state index >= 15 is 0 Å². The lowest BCUT2D eigenvalue weighted by molar-refractivity contribution is -0.136. The Morgan fingerprint density at radius 1 is 1.17 bits per heavy atom. The van der Waals surface area contributed by atoms with Gasteiger partial charge >= 0.3 is 0 Å². The zero-order chi connectivity index (χ0) is 16.9. The first-order chi connectivity index (χ1) is 11.3. The summed E-state index contributed by atoms with van der Waals surface area (Å²) in [6, 6.07) is 0. The summed E-state index contributed by atoms with van der Waals surface area (Å²) in [5.74, 6) is 2.58. The SMILES string of the molecule is CC(=O)[C@@]12O[C@H]1C[C@@H]1[C@@H]3CCC4=CC(=O)CC[C@]4(C)[C@@H]3CC[C@@]12C. The van der Waals surface area contributed by atoms with Gasteiger partial charge in [0.2, 0.25) is 0 Å². The molecule has 5 rings (SSSR count). The van der Waals surface area contributed by atoms with Gasteiger partial charge in [-0.1, -0.05) is 19.4 Å². The Kier molecular flexibility index (Phi) is 2.81. The zero-order valence-electron chi connectivity index (χ0n) is 15.1. The van der Waals surface area contributed by atoms with Crippen LogP contribution in [0.2, 0.25) is 0 Å². The summed E-state index contributed by atoms with van der Waals surface area (Å²) in [7, 11) is 0. The third-order valence-corrected chi connectivity index (χ3v) is 8.92. The van der Waals surface area contributed by atoms with Gasteiger partial charge in [0.15, 0.2) is 17.2 Å². The Labute approximate surface area is 144 Å². The summed E-state index contributed by atoms with van der Waals surface area (Å²) < 4.78 is 5.99. The normalized spacial score (nSPS) is 55.0. The van der Waals surface area contributed by atoms with E-state index in [1.807, 2.05) is 6.08 Å². The average Bonchev–Trinajstić information content (AvgIpc) is 3.21. The molecular weight excluding hydrogens is 300 g/mol. The van der Waals surface area contributed by atoms with Gasteiger partial charge in [0.1, 0.15) is 0 Å². The summed E-state index contributed by atoms with van der Waals surface area (Å²) in [5.41, 5.74) is 1.22. The largest absolute Gasteiger partial charge is 0.357 e. The maximum atomic E-state index is 12.4.